The number of para-hydroxylation sites is 1. The Hall–Kier alpha value is -1.72. The number of aryl methyl sites for hydroxylation is 1. The lowest BCUT2D eigenvalue weighted by Crippen LogP contribution is -2.02. The topological polar surface area (TPSA) is 39.2 Å². The maximum absolute atomic E-state index is 11.8. The lowest BCUT2D eigenvalue weighted by Gasteiger charge is -1.99. The van der Waals surface area contributed by atoms with E-state index >= 15 is 0 Å². The summed E-state index contributed by atoms with van der Waals surface area (Å²) < 4.78 is 6.39. The molecule has 0 atom stereocenters. The summed E-state index contributed by atoms with van der Waals surface area (Å²) in [5.41, 5.74) is 0.950. The molecule has 3 aromatic rings. The number of benzene rings is 1. The average molecular weight is 289 g/mol. The molecule has 0 aliphatic carbocycles. The van der Waals surface area contributed by atoms with E-state index in [2.05, 4.69) is 4.98 Å². The second kappa shape index (κ2) is 5.11. The number of hydrogen-bond donors (Lipinski definition) is 0. The molecule has 0 aliphatic heterocycles. The standard InChI is InChI=1S/C14H11NO2S2/c1-9-6-7-12(18-9)14(16)17-8-13-15-10-4-2-3-5-11(10)19-13/h2-7H,8H2,1H3. The second-order valence-electron chi connectivity index (χ2n) is 4.06. The summed E-state index contributed by atoms with van der Waals surface area (Å²) in [5, 5.41) is 0.822. The molecule has 1 aromatic carbocycles. The van der Waals surface area contributed by atoms with Crippen LogP contribution in [0.2, 0.25) is 0 Å². The second-order valence-corrected chi connectivity index (χ2v) is 6.46. The number of hydrogen-bond acceptors (Lipinski definition) is 5. The van der Waals surface area contributed by atoms with Crippen LogP contribution in [0.3, 0.4) is 0 Å². The Morgan fingerprint density at radius 2 is 2.05 bits per heavy atom. The van der Waals surface area contributed by atoms with Gasteiger partial charge in [0.25, 0.3) is 0 Å². The van der Waals surface area contributed by atoms with Gasteiger partial charge in [-0.3, -0.25) is 0 Å². The van der Waals surface area contributed by atoms with Crippen molar-refractivity contribution in [3.63, 3.8) is 0 Å². The fourth-order valence-corrected chi connectivity index (χ4v) is 3.37. The number of carbonyl (C=O) groups is 1. The van der Waals surface area contributed by atoms with Crippen molar-refractivity contribution in [2.24, 2.45) is 0 Å². The fourth-order valence-electron chi connectivity index (χ4n) is 1.72. The summed E-state index contributed by atoms with van der Waals surface area (Å²) in [4.78, 5) is 18.0. The minimum Gasteiger partial charge on any atom is -0.454 e. The van der Waals surface area contributed by atoms with Crippen LogP contribution in [-0.4, -0.2) is 11.0 Å². The number of thiophene rings is 1. The zero-order chi connectivity index (χ0) is 13.2. The minimum atomic E-state index is -0.280. The van der Waals surface area contributed by atoms with Crippen molar-refractivity contribution in [1.82, 2.24) is 4.98 Å². The van der Waals surface area contributed by atoms with E-state index in [1.165, 1.54) is 11.3 Å². The van der Waals surface area contributed by atoms with Crippen LogP contribution in [0.1, 0.15) is 19.6 Å². The first-order chi connectivity index (χ1) is 9.22. The van der Waals surface area contributed by atoms with Gasteiger partial charge in [-0.2, -0.15) is 0 Å². The molecule has 0 fully saturated rings. The third-order valence-corrected chi connectivity index (χ3v) is 4.60. The predicted molar refractivity (Wildman–Crippen MR) is 77.8 cm³/mol. The number of esters is 1. The average Bonchev–Trinajstić information content (AvgIpc) is 3.01. The highest BCUT2D eigenvalue weighted by atomic mass is 32.1. The first-order valence-corrected chi connectivity index (χ1v) is 7.44. The SMILES string of the molecule is Cc1ccc(C(=O)OCc2nc3ccccc3s2)s1. The quantitative estimate of drug-likeness (QED) is 0.683. The van der Waals surface area contributed by atoms with Crippen LogP contribution in [0.4, 0.5) is 0 Å². The van der Waals surface area contributed by atoms with E-state index in [0.29, 0.717) is 4.88 Å². The zero-order valence-electron chi connectivity index (χ0n) is 10.3. The Morgan fingerprint density at radius 1 is 1.21 bits per heavy atom. The molecule has 0 saturated carbocycles. The van der Waals surface area contributed by atoms with E-state index in [1.807, 2.05) is 37.3 Å². The van der Waals surface area contributed by atoms with Crippen LogP contribution in [0, 0.1) is 6.92 Å². The Morgan fingerprint density at radius 3 is 2.79 bits per heavy atom. The Bertz CT molecular complexity index is 697. The van der Waals surface area contributed by atoms with Gasteiger partial charge in [-0.05, 0) is 31.2 Å². The highest BCUT2D eigenvalue weighted by Gasteiger charge is 2.11. The van der Waals surface area contributed by atoms with Crippen molar-refractivity contribution in [2.45, 2.75) is 13.5 Å². The van der Waals surface area contributed by atoms with Gasteiger partial charge in [-0.15, -0.1) is 22.7 Å². The molecule has 3 rings (SSSR count). The lowest BCUT2D eigenvalue weighted by molar-refractivity contribution is 0.0478. The molecule has 0 N–H and O–H groups in total. The molecule has 2 aromatic heterocycles. The number of ether oxygens (including phenoxy) is 1. The maximum atomic E-state index is 11.8. The lowest BCUT2D eigenvalue weighted by atomic mass is 10.3. The molecule has 19 heavy (non-hydrogen) atoms. The zero-order valence-corrected chi connectivity index (χ0v) is 11.9. The first-order valence-electron chi connectivity index (χ1n) is 5.80. The Kier molecular flexibility index (Phi) is 3.31. The van der Waals surface area contributed by atoms with Crippen LogP contribution in [0.15, 0.2) is 36.4 Å². The molecule has 2 heterocycles. The van der Waals surface area contributed by atoms with Gasteiger partial charge in [0, 0.05) is 4.88 Å². The molecule has 96 valence electrons. The van der Waals surface area contributed by atoms with Gasteiger partial charge < -0.3 is 4.74 Å². The van der Waals surface area contributed by atoms with Gasteiger partial charge in [0.2, 0.25) is 0 Å². The van der Waals surface area contributed by atoms with E-state index in [0.717, 1.165) is 20.1 Å². The van der Waals surface area contributed by atoms with E-state index < -0.39 is 0 Å². The van der Waals surface area contributed by atoms with Crippen LogP contribution in [-0.2, 0) is 11.3 Å². The third kappa shape index (κ3) is 2.67. The number of fused-ring (bicyclic) bond motifs is 1. The number of thiazole rings is 1. The molecular formula is C14H11NO2S2. The van der Waals surface area contributed by atoms with Gasteiger partial charge in [0.05, 0.1) is 10.2 Å². The number of carbonyl (C=O) groups excluding carboxylic acids is 1. The van der Waals surface area contributed by atoms with Crippen LogP contribution < -0.4 is 0 Å². The highest BCUT2D eigenvalue weighted by molar-refractivity contribution is 7.18. The van der Waals surface area contributed by atoms with Gasteiger partial charge in [-0.1, -0.05) is 12.1 Å². The van der Waals surface area contributed by atoms with Crippen LogP contribution in [0.5, 0.6) is 0 Å². The molecule has 3 nitrogen and oxygen atoms in total. The summed E-state index contributed by atoms with van der Waals surface area (Å²) in [6.45, 7) is 2.20. The maximum Gasteiger partial charge on any atom is 0.348 e. The third-order valence-electron chi connectivity index (χ3n) is 2.61. The Labute approximate surface area is 118 Å². The summed E-state index contributed by atoms with van der Waals surface area (Å²) in [6.07, 6.45) is 0. The minimum absolute atomic E-state index is 0.231. The summed E-state index contributed by atoms with van der Waals surface area (Å²) in [7, 11) is 0. The van der Waals surface area contributed by atoms with Gasteiger partial charge in [0.15, 0.2) is 0 Å². The van der Waals surface area contributed by atoms with Gasteiger partial charge in [-0.25, -0.2) is 9.78 Å². The molecular weight excluding hydrogens is 278 g/mol. The van der Waals surface area contributed by atoms with Gasteiger partial charge in [0.1, 0.15) is 16.5 Å². The summed E-state index contributed by atoms with van der Waals surface area (Å²) in [6, 6.07) is 11.6. The number of aromatic nitrogens is 1. The predicted octanol–water partition coefficient (Wildman–Crippen LogP) is 4.02. The van der Waals surface area contributed by atoms with Crippen molar-refractivity contribution >= 4 is 38.9 Å². The van der Waals surface area contributed by atoms with E-state index in [4.69, 9.17) is 4.74 Å². The van der Waals surface area contributed by atoms with E-state index in [9.17, 15) is 4.79 Å². The van der Waals surface area contributed by atoms with Crippen molar-refractivity contribution in [3.8, 4) is 0 Å². The molecule has 0 bridgehead atoms. The van der Waals surface area contributed by atoms with E-state index in [-0.39, 0.29) is 12.6 Å². The summed E-state index contributed by atoms with van der Waals surface area (Å²) in [5.74, 6) is -0.280. The fraction of sp³-hybridized carbons (Fsp3) is 0.143. The van der Waals surface area contributed by atoms with Crippen molar-refractivity contribution in [3.05, 3.63) is 51.2 Å². The first kappa shape index (κ1) is 12.3. The number of rotatable bonds is 3. The van der Waals surface area contributed by atoms with Crippen molar-refractivity contribution in [1.29, 1.82) is 0 Å². The Balaban J connectivity index is 1.70. The highest BCUT2D eigenvalue weighted by Crippen LogP contribution is 2.23. The monoisotopic (exact) mass is 289 g/mol. The van der Waals surface area contributed by atoms with Gasteiger partial charge >= 0.3 is 5.97 Å². The molecule has 0 saturated heterocycles. The largest absolute Gasteiger partial charge is 0.454 e. The molecule has 0 radical (unpaired) electrons. The van der Waals surface area contributed by atoms with Crippen LogP contribution in [0.25, 0.3) is 10.2 Å². The smallest absolute Gasteiger partial charge is 0.348 e. The van der Waals surface area contributed by atoms with Crippen molar-refractivity contribution in [2.75, 3.05) is 0 Å². The molecule has 5 heteroatoms. The molecule has 0 aliphatic rings. The summed E-state index contributed by atoms with van der Waals surface area (Å²) >= 11 is 3.00. The molecule has 0 amide bonds. The normalized spacial score (nSPS) is 10.8. The van der Waals surface area contributed by atoms with Crippen LogP contribution >= 0.6 is 22.7 Å². The molecule has 0 unspecified atom stereocenters. The van der Waals surface area contributed by atoms with Crippen molar-refractivity contribution < 1.29 is 9.53 Å². The number of nitrogens with zero attached hydrogens (tertiary/aromatic N) is 1. The van der Waals surface area contributed by atoms with E-state index in [1.54, 1.807) is 17.4 Å². The molecule has 0 spiro atoms.